The van der Waals surface area contributed by atoms with E-state index in [1.54, 1.807) is 18.3 Å². The van der Waals surface area contributed by atoms with E-state index in [0.717, 1.165) is 10.5 Å². The molecule has 1 heterocycles. The number of aliphatic hydroxyl groups excluding tert-OH is 1. The molecule has 0 radical (unpaired) electrons. The van der Waals surface area contributed by atoms with Crippen LogP contribution in [0.2, 0.25) is 0 Å². The van der Waals surface area contributed by atoms with Gasteiger partial charge in [-0.2, -0.15) is 0 Å². The summed E-state index contributed by atoms with van der Waals surface area (Å²) in [5.74, 6) is -0.218. The third-order valence-corrected chi connectivity index (χ3v) is 4.15. The Labute approximate surface area is 128 Å². The molecule has 0 bridgehead atoms. The molecule has 0 atom stereocenters. The standard InChI is InChI=1S/C16H18N2O2S/c1-11-5-6-14(12(2)10-11)21-16-13(4-3-7-18-16)15(20)17-8-9-19/h3-7,10,19H,8-9H2,1-2H3,(H,17,20). The van der Waals surface area contributed by atoms with Gasteiger partial charge in [-0.3, -0.25) is 4.79 Å². The number of pyridine rings is 1. The number of aromatic nitrogens is 1. The van der Waals surface area contributed by atoms with E-state index >= 15 is 0 Å². The second kappa shape index (κ2) is 7.24. The number of hydrogen-bond acceptors (Lipinski definition) is 4. The van der Waals surface area contributed by atoms with Gasteiger partial charge in [-0.05, 0) is 37.6 Å². The maximum Gasteiger partial charge on any atom is 0.254 e. The Balaban J connectivity index is 2.26. The number of benzene rings is 1. The summed E-state index contributed by atoms with van der Waals surface area (Å²) in [6, 6.07) is 9.67. The molecule has 5 heteroatoms. The summed E-state index contributed by atoms with van der Waals surface area (Å²) < 4.78 is 0. The molecule has 1 amide bonds. The average Bonchev–Trinajstić information content (AvgIpc) is 2.48. The van der Waals surface area contributed by atoms with Crippen LogP contribution >= 0.6 is 11.8 Å². The summed E-state index contributed by atoms with van der Waals surface area (Å²) in [4.78, 5) is 17.5. The fourth-order valence-corrected chi connectivity index (χ4v) is 2.88. The normalized spacial score (nSPS) is 10.4. The molecule has 2 rings (SSSR count). The lowest BCUT2D eigenvalue weighted by Crippen LogP contribution is -2.27. The van der Waals surface area contributed by atoms with Crippen LogP contribution < -0.4 is 5.32 Å². The van der Waals surface area contributed by atoms with Crippen LogP contribution in [0.15, 0.2) is 46.5 Å². The highest BCUT2D eigenvalue weighted by Gasteiger charge is 2.13. The van der Waals surface area contributed by atoms with Crippen LogP contribution in [-0.2, 0) is 0 Å². The van der Waals surface area contributed by atoms with E-state index in [4.69, 9.17) is 5.11 Å². The summed E-state index contributed by atoms with van der Waals surface area (Å²) in [5.41, 5.74) is 2.89. The first kappa shape index (κ1) is 15.5. The minimum atomic E-state index is -0.218. The van der Waals surface area contributed by atoms with E-state index in [1.807, 2.05) is 19.1 Å². The van der Waals surface area contributed by atoms with Crippen molar-refractivity contribution in [1.29, 1.82) is 0 Å². The first-order chi connectivity index (χ1) is 10.1. The summed E-state index contributed by atoms with van der Waals surface area (Å²) in [5, 5.41) is 12.1. The van der Waals surface area contributed by atoms with Crippen molar-refractivity contribution in [2.45, 2.75) is 23.8 Å². The maximum atomic E-state index is 12.1. The number of rotatable bonds is 5. The Hall–Kier alpha value is -1.85. The number of aryl methyl sites for hydroxylation is 2. The van der Waals surface area contributed by atoms with Crippen LogP contribution in [0.5, 0.6) is 0 Å². The molecule has 0 aliphatic carbocycles. The average molecular weight is 302 g/mol. The molecule has 0 unspecified atom stereocenters. The van der Waals surface area contributed by atoms with Crippen LogP contribution in [0.4, 0.5) is 0 Å². The number of nitrogens with zero attached hydrogens (tertiary/aromatic N) is 1. The zero-order valence-corrected chi connectivity index (χ0v) is 12.9. The Morgan fingerprint density at radius 2 is 2.14 bits per heavy atom. The molecule has 4 nitrogen and oxygen atoms in total. The predicted molar refractivity (Wildman–Crippen MR) is 83.7 cm³/mol. The van der Waals surface area contributed by atoms with Crippen molar-refractivity contribution in [3.05, 3.63) is 53.2 Å². The van der Waals surface area contributed by atoms with Gasteiger partial charge in [-0.15, -0.1) is 0 Å². The second-order valence-electron chi connectivity index (χ2n) is 4.71. The largest absolute Gasteiger partial charge is 0.395 e. The van der Waals surface area contributed by atoms with Crippen molar-refractivity contribution in [1.82, 2.24) is 10.3 Å². The lowest BCUT2D eigenvalue weighted by atomic mass is 10.2. The zero-order chi connectivity index (χ0) is 15.2. The quantitative estimate of drug-likeness (QED) is 0.891. The number of aliphatic hydroxyl groups is 1. The summed E-state index contributed by atoms with van der Waals surface area (Å²) >= 11 is 1.48. The van der Waals surface area contributed by atoms with Crippen LogP contribution in [0, 0.1) is 13.8 Å². The minimum Gasteiger partial charge on any atom is -0.395 e. The van der Waals surface area contributed by atoms with E-state index in [9.17, 15) is 4.79 Å². The summed E-state index contributed by atoms with van der Waals surface area (Å²) in [6.07, 6.45) is 1.68. The van der Waals surface area contributed by atoms with Gasteiger partial charge in [0.25, 0.3) is 5.91 Å². The van der Waals surface area contributed by atoms with Gasteiger partial charge in [-0.25, -0.2) is 4.98 Å². The number of nitrogens with one attached hydrogen (secondary N) is 1. The summed E-state index contributed by atoms with van der Waals surface area (Å²) in [7, 11) is 0. The molecule has 0 aliphatic rings. The van der Waals surface area contributed by atoms with Gasteiger partial charge in [0, 0.05) is 17.6 Å². The van der Waals surface area contributed by atoms with Gasteiger partial charge < -0.3 is 10.4 Å². The van der Waals surface area contributed by atoms with Crippen molar-refractivity contribution in [3.8, 4) is 0 Å². The monoisotopic (exact) mass is 302 g/mol. The van der Waals surface area contributed by atoms with E-state index in [2.05, 4.69) is 23.3 Å². The Morgan fingerprint density at radius 1 is 1.33 bits per heavy atom. The fourth-order valence-electron chi connectivity index (χ4n) is 1.93. The van der Waals surface area contributed by atoms with E-state index in [-0.39, 0.29) is 19.1 Å². The van der Waals surface area contributed by atoms with Crippen molar-refractivity contribution < 1.29 is 9.90 Å². The fraction of sp³-hybridized carbons (Fsp3) is 0.250. The van der Waals surface area contributed by atoms with Crippen LogP contribution in [0.25, 0.3) is 0 Å². The molecular weight excluding hydrogens is 284 g/mol. The minimum absolute atomic E-state index is 0.0778. The van der Waals surface area contributed by atoms with Gasteiger partial charge in [0.2, 0.25) is 0 Å². The summed E-state index contributed by atoms with van der Waals surface area (Å²) in [6.45, 7) is 4.26. The molecule has 1 aromatic carbocycles. The Bertz CT molecular complexity index is 644. The van der Waals surface area contributed by atoms with Crippen molar-refractivity contribution in [3.63, 3.8) is 0 Å². The molecule has 0 saturated heterocycles. The maximum absolute atomic E-state index is 12.1. The van der Waals surface area contributed by atoms with Gasteiger partial charge in [-0.1, -0.05) is 29.5 Å². The van der Waals surface area contributed by atoms with Gasteiger partial charge in [0.05, 0.1) is 12.2 Å². The van der Waals surface area contributed by atoms with Crippen molar-refractivity contribution >= 4 is 17.7 Å². The molecule has 0 fully saturated rings. The molecule has 21 heavy (non-hydrogen) atoms. The molecule has 2 N–H and O–H groups in total. The lowest BCUT2D eigenvalue weighted by molar-refractivity contribution is 0.0941. The first-order valence-electron chi connectivity index (χ1n) is 6.71. The van der Waals surface area contributed by atoms with Crippen LogP contribution in [-0.4, -0.2) is 29.1 Å². The number of carbonyl (C=O) groups excluding carboxylic acids is 1. The molecule has 1 aromatic heterocycles. The lowest BCUT2D eigenvalue weighted by Gasteiger charge is -2.10. The van der Waals surface area contributed by atoms with Crippen LogP contribution in [0.3, 0.4) is 0 Å². The smallest absolute Gasteiger partial charge is 0.254 e. The topological polar surface area (TPSA) is 62.2 Å². The Morgan fingerprint density at radius 3 is 2.86 bits per heavy atom. The number of carbonyl (C=O) groups is 1. The molecule has 0 saturated carbocycles. The van der Waals surface area contributed by atoms with E-state index in [0.29, 0.717) is 10.6 Å². The Kier molecular flexibility index (Phi) is 5.36. The SMILES string of the molecule is Cc1ccc(Sc2ncccc2C(=O)NCCO)c(C)c1. The highest BCUT2D eigenvalue weighted by Crippen LogP contribution is 2.31. The molecule has 0 aliphatic heterocycles. The molecule has 0 spiro atoms. The highest BCUT2D eigenvalue weighted by atomic mass is 32.2. The zero-order valence-electron chi connectivity index (χ0n) is 12.1. The number of hydrogen-bond donors (Lipinski definition) is 2. The highest BCUT2D eigenvalue weighted by molar-refractivity contribution is 7.99. The van der Waals surface area contributed by atoms with Gasteiger partial charge in [0.15, 0.2) is 0 Å². The molecular formula is C16H18N2O2S. The number of amides is 1. The van der Waals surface area contributed by atoms with Crippen molar-refractivity contribution in [2.24, 2.45) is 0 Å². The predicted octanol–water partition coefficient (Wildman–Crippen LogP) is 2.57. The van der Waals surface area contributed by atoms with Gasteiger partial charge in [0.1, 0.15) is 5.03 Å². The van der Waals surface area contributed by atoms with Gasteiger partial charge >= 0.3 is 0 Å². The third-order valence-electron chi connectivity index (χ3n) is 2.95. The van der Waals surface area contributed by atoms with E-state index in [1.165, 1.54) is 17.3 Å². The first-order valence-corrected chi connectivity index (χ1v) is 7.52. The third kappa shape index (κ3) is 4.06. The van der Waals surface area contributed by atoms with E-state index < -0.39 is 0 Å². The second-order valence-corrected chi connectivity index (χ2v) is 5.74. The van der Waals surface area contributed by atoms with Crippen molar-refractivity contribution in [2.75, 3.05) is 13.2 Å². The molecule has 2 aromatic rings. The van der Waals surface area contributed by atoms with Crippen LogP contribution in [0.1, 0.15) is 21.5 Å². The molecule has 110 valence electrons.